The first-order chi connectivity index (χ1) is 16.8. The second-order valence-electron chi connectivity index (χ2n) is 9.65. The number of phenols is 1. The minimum atomic E-state index is -2.68. The Morgan fingerprint density at radius 1 is 1.22 bits per heavy atom. The third kappa shape index (κ3) is 3.73. The van der Waals surface area contributed by atoms with Crippen LogP contribution in [0.15, 0.2) is 28.7 Å². The Morgan fingerprint density at radius 3 is 2.50 bits per heavy atom. The van der Waals surface area contributed by atoms with Crippen molar-refractivity contribution in [2.24, 2.45) is 17.6 Å². The monoisotopic (exact) mass is 503 g/mol. The predicted octanol–water partition coefficient (Wildman–Crippen LogP) is -0.103. The van der Waals surface area contributed by atoms with Gasteiger partial charge in [-0.2, -0.15) is 0 Å². The van der Waals surface area contributed by atoms with Crippen LogP contribution in [0.25, 0.3) is 0 Å². The van der Waals surface area contributed by atoms with Crippen LogP contribution in [0, 0.1) is 17.7 Å². The summed E-state index contributed by atoms with van der Waals surface area (Å²) in [6, 6.07) is 0.998. The minimum Gasteiger partial charge on any atom is -0.511 e. The normalized spacial score (nSPS) is 25.5. The van der Waals surface area contributed by atoms with Crippen LogP contribution in [-0.4, -0.2) is 74.9 Å². The maximum Gasteiger partial charge on any atom is 0.255 e. The fourth-order valence-electron chi connectivity index (χ4n) is 5.39. The predicted molar refractivity (Wildman–Crippen MR) is 121 cm³/mol. The second-order valence-corrected chi connectivity index (χ2v) is 9.65. The quantitative estimate of drug-likeness (QED) is 0.298. The highest BCUT2D eigenvalue weighted by molar-refractivity contribution is 6.24. The Hall–Kier alpha value is -3.77. The first kappa shape index (κ1) is 25.3. The van der Waals surface area contributed by atoms with Crippen molar-refractivity contribution in [1.82, 2.24) is 10.2 Å². The number of hydrogen-bond donors (Lipinski definition) is 6. The average Bonchev–Trinajstić information content (AvgIpc) is 2.76. The molecular weight excluding hydrogens is 477 g/mol. The molecule has 7 N–H and O–H groups in total. The van der Waals surface area contributed by atoms with Crippen LogP contribution in [0.3, 0.4) is 0 Å². The highest BCUT2D eigenvalue weighted by Gasteiger charge is 2.59. The first-order valence-electron chi connectivity index (χ1n) is 11.2. The Labute approximate surface area is 204 Å². The summed E-state index contributed by atoms with van der Waals surface area (Å²) in [7, 11) is 3.37. The lowest BCUT2D eigenvalue weighted by atomic mass is 9.60. The molecule has 4 rings (SSSR count). The third-order valence-corrected chi connectivity index (χ3v) is 7.01. The van der Waals surface area contributed by atoms with Crippen LogP contribution in [0.5, 0.6) is 5.75 Å². The van der Waals surface area contributed by atoms with Crippen LogP contribution in [-0.2, 0) is 27.3 Å². The zero-order chi connectivity index (χ0) is 26.7. The van der Waals surface area contributed by atoms with E-state index in [9.17, 15) is 39.6 Å². The van der Waals surface area contributed by atoms with Gasteiger partial charge in [-0.15, -0.1) is 0 Å². The van der Waals surface area contributed by atoms with E-state index in [1.165, 1.54) is 0 Å². The number of allylic oxidation sites excluding steroid dienone is 2. The van der Waals surface area contributed by atoms with Crippen LogP contribution in [0.1, 0.15) is 34.3 Å². The van der Waals surface area contributed by atoms with Crippen molar-refractivity contribution in [3.8, 4) is 5.75 Å². The molecule has 1 unspecified atom stereocenters. The molecule has 11 nitrogen and oxygen atoms in total. The Kier molecular flexibility index (Phi) is 6.13. The summed E-state index contributed by atoms with van der Waals surface area (Å²) in [5.74, 6) is -8.97. The fraction of sp³-hybridized carbons (Fsp3) is 0.417. The number of benzene rings is 1. The van der Waals surface area contributed by atoms with Gasteiger partial charge in [-0.3, -0.25) is 19.2 Å². The molecule has 36 heavy (non-hydrogen) atoms. The molecule has 0 bridgehead atoms. The number of Topliss-reactive ketones (excluding diaryl/α,β-unsaturated/α-hetero) is 2. The number of halogens is 1. The number of likely N-dealkylation sites (N-methyl/N-ethyl adjacent to an activating group) is 1. The summed E-state index contributed by atoms with van der Waals surface area (Å²) in [4.78, 5) is 51.5. The number of primary amides is 1. The van der Waals surface area contributed by atoms with Crippen LogP contribution >= 0.6 is 0 Å². The number of carbonyl (C=O) groups excluding carboxylic acids is 4. The van der Waals surface area contributed by atoms with Crippen LogP contribution in [0.4, 0.5) is 4.39 Å². The molecule has 0 spiro atoms. The maximum atomic E-state index is 15.4. The number of ketones is 2. The van der Waals surface area contributed by atoms with Crippen molar-refractivity contribution >= 4 is 23.4 Å². The van der Waals surface area contributed by atoms with E-state index in [0.717, 1.165) is 6.07 Å². The molecule has 3 aliphatic carbocycles. The number of aromatic hydroxyl groups is 1. The molecule has 0 saturated heterocycles. The summed E-state index contributed by atoms with van der Waals surface area (Å²) in [5, 5.41) is 45.4. The summed E-state index contributed by atoms with van der Waals surface area (Å²) in [6.07, 6.45) is -0.638. The summed E-state index contributed by atoms with van der Waals surface area (Å²) in [6.45, 7) is -0.175. The van der Waals surface area contributed by atoms with Crippen molar-refractivity contribution in [1.29, 1.82) is 0 Å². The van der Waals surface area contributed by atoms with Gasteiger partial charge >= 0.3 is 0 Å². The zero-order valence-electron chi connectivity index (χ0n) is 19.6. The van der Waals surface area contributed by atoms with E-state index in [1.54, 1.807) is 19.0 Å². The standard InChI is InChI=1S/C24H26FN3O8/c1-28(2)8-15(31)27-7-10-5-13(29)17-12(19(10)25)4-9-3-11-6-14(30)18(23(26)35)22(34)24(11,36)21(33)16(9)20(17)32/h5,9,11,29-30,33,36H,3-4,6-8H2,1-2H3,(H2,26,35)(H,27,31)/t9?,11-,24-/m0/s1. The van der Waals surface area contributed by atoms with Crippen molar-refractivity contribution < 1.29 is 44.0 Å². The lowest BCUT2D eigenvalue weighted by Crippen LogP contribution is -2.57. The number of nitrogens with zero attached hydrogens (tertiary/aromatic N) is 1. The molecule has 1 aromatic rings. The molecule has 3 aliphatic rings. The number of nitrogens with one attached hydrogen (secondary N) is 1. The second kappa shape index (κ2) is 8.71. The topological polar surface area (TPSA) is 190 Å². The zero-order valence-corrected chi connectivity index (χ0v) is 19.6. The third-order valence-electron chi connectivity index (χ3n) is 7.01. The van der Waals surface area contributed by atoms with Gasteiger partial charge in [0.05, 0.1) is 12.1 Å². The first-order valence-corrected chi connectivity index (χ1v) is 11.2. The Bertz CT molecular complexity index is 1280. The molecule has 1 aromatic carbocycles. The number of fused-ring (bicyclic) bond motifs is 3. The molecule has 2 amide bonds. The van der Waals surface area contributed by atoms with E-state index in [-0.39, 0.29) is 55.0 Å². The fourth-order valence-corrected chi connectivity index (χ4v) is 5.39. The molecule has 0 fully saturated rings. The van der Waals surface area contributed by atoms with Gasteiger partial charge < -0.3 is 36.4 Å². The molecule has 0 aromatic heterocycles. The van der Waals surface area contributed by atoms with Gasteiger partial charge in [0, 0.05) is 35.6 Å². The molecule has 0 heterocycles. The average molecular weight is 503 g/mol. The number of nitrogens with two attached hydrogens (primary N) is 1. The Balaban J connectivity index is 1.75. The lowest BCUT2D eigenvalue weighted by Gasteiger charge is -2.45. The molecule has 0 radical (unpaired) electrons. The highest BCUT2D eigenvalue weighted by atomic mass is 19.1. The van der Waals surface area contributed by atoms with Crippen molar-refractivity contribution in [3.63, 3.8) is 0 Å². The van der Waals surface area contributed by atoms with E-state index in [2.05, 4.69) is 5.32 Å². The summed E-state index contributed by atoms with van der Waals surface area (Å²) < 4.78 is 15.4. The number of phenolic OH excluding ortho intramolecular Hbond substituents is 1. The molecule has 0 saturated carbocycles. The van der Waals surface area contributed by atoms with Gasteiger partial charge in [-0.25, -0.2) is 4.39 Å². The number of aliphatic hydroxyl groups excluding tert-OH is 2. The van der Waals surface area contributed by atoms with Crippen molar-refractivity contribution in [3.05, 3.63) is 51.2 Å². The van der Waals surface area contributed by atoms with Gasteiger partial charge in [0.2, 0.25) is 11.7 Å². The summed E-state index contributed by atoms with van der Waals surface area (Å²) >= 11 is 0. The van der Waals surface area contributed by atoms with Crippen molar-refractivity contribution in [2.45, 2.75) is 31.4 Å². The smallest absolute Gasteiger partial charge is 0.255 e. The maximum absolute atomic E-state index is 15.4. The van der Waals surface area contributed by atoms with E-state index in [0.29, 0.717) is 0 Å². The Morgan fingerprint density at radius 2 is 1.89 bits per heavy atom. The minimum absolute atomic E-state index is 0.0466. The van der Waals surface area contributed by atoms with E-state index in [1.807, 2.05) is 0 Å². The van der Waals surface area contributed by atoms with E-state index in [4.69, 9.17) is 5.73 Å². The molecule has 12 heteroatoms. The molecule has 192 valence electrons. The number of aliphatic hydroxyl groups is 3. The highest BCUT2D eigenvalue weighted by Crippen LogP contribution is 2.51. The lowest BCUT2D eigenvalue weighted by molar-refractivity contribution is -0.144. The van der Waals surface area contributed by atoms with Gasteiger partial charge in [0.1, 0.15) is 28.7 Å². The van der Waals surface area contributed by atoms with Crippen LogP contribution in [0.2, 0.25) is 0 Å². The molecule has 0 aliphatic heterocycles. The van der Waals surface area contributed by atoms with Gasteiger partial charge in [-0.05, 0) is 38.9 Å². The van der Waals surface area contributed by atoms with Gasteiger partial charge in [-0.1, -0.05) is 0 Å². The molecule has 3 atom stereocenters. The number of carbonyl (C=O) groups is 4. The van der Waals surface area contributed by atoms with E-state index >= 15 is 4.39 Å². The SMILES string of the molecule is CN(C)CC(=O)NCc1cc(O)c2c(c1F)CC1C[C@H]3CC(O)=C(C(N)=O)C(=O)[C@@]3(O)C(O)=C1C2=O. The number of amides is 2. The van der Waals surface area contributed by atoms with E-state index < -0.39 is 69.1 Å². The van der Waals surface area contributed by atoms with Gasteiger partial charge in [0.15, 0.2) is 11.4 Å². The summed E-state index contributed by atoms with van der Waals surface area (Å²) in [5.41, 5.74) is 0.649. The number of rotatable bonds is 5. The van der Waals surface area contributed by atoms with Crippen LogP contribution < -0.4 is 11.1 Å². The van der Waals surface area contributed by atoms with Crippen molar-refractivity contribution in [2.75, 3.05) is 20.6 Å². The number of hydrogen-bond acceptors (Lipinski definition) is 9. The molecular formula is C24H26FN3O8. The largest absolute Gasteiger partial charge is 0.511 e. The van der Waals surface area contributed by atoms with Gasteiger partial charge in [0.25, 0.3) is 5.91 Å².